The van der Waals surface area contributed by atoms with Gasteiger partial charge in [-0.05, 0) is 15.4 Å². The number of anilines is 1. The van der Waals surface area contributed by atoms with Crippen molar-refractivity contribution in [3.63, 3.8) is 0 Å². The minimum atomic E-state index is -2.84. The molecule has 1 aliphatic rings. The number of hydrogen-bond donors (Lipinski definition) is 4. The number of aromatic nitrogens is 3. The SMILES string of the molecule is CC(C)(C)[Si](OCc1cn([C@@H]2OC(CO)C(O)C2O)c2ncnc(N)c12)(c1ccccc1)c1ccccc1. The molecule has 1 saturated heterocycles. The van der Waals surface area contributed by atoms with Crippen LogP contribution in [-0.4, -0.2) is 63.1 Å². The third-order valence-corrected chi connectivity index (χ3v) is 12.4. The molecule has 0 radical (unpaired) electrons. The van der Waals surface area contributed by atoms with Gasteiger partial charge in [0.1, 0.15) is 36.1 Å². The second kappa shape index (κ2) is 10.2. The van der Waals surface area contributed by atoms with Crippen LogP contribution in [0.5, 0.6) is 0 Å². The number of hydrogen-bond acceptors (Lipinski definition) is 8. The van der Waals surface area contributed by atoms with Gasteiger partial charge in [0.2, 0.25) is 0 Å². The number of rotatable bonds is 7. The Morgan fingerprint density at radius 1 is 0.974 bits per heavy atom. The zero-order valence-electron chi connectivity index (χ0n) is 21.7. The van der Waals surface area contributed by atoms with E-state index in [4.69, 9.17) is 14.9 Å². The Kier molecular flexibility index (Phi) is 7.12. The minimum absolute atomic E-state index is 0.211. The van der Waals surface area contributed by atoms with Crippen LogP contribution in [0.15, 0.2) is 73.2 Å². The largest absolute Gasteiger partial charge is 0.403 e. The maximum absolute atomic E-state index is 10.7. The highest BCUT2D eigenvalue weighted by Crippen LogP contribution is 2.39. The van der Waals surface area contributed by atoms with Gasteiger partial charge in [0, 0.05) is 11.8 Å². The Labute approximate surface area is 222 Å². The third-order valence-electron chi connectivity index (χ3n) is 7.37. The van der Waals surface area contributed by atoms with Crippen LogP contribution in [0.1, 0.15) is 32.6 Å². The van der Waals surface area contributed by atoms with Crippen molar-refractivity contribution >= 4 is 35.5 Å². The van der Waals surface area contributed by atoms with Crippen LogP contribution in [-0.2, 0) is 15.8 Å². The molecular formula is C28H34N4O5Si. The molecule has 10 heteroatoms. The van der Waals surface area contributed by atoms with Crippen molar-refractivity contribution in [3.8, 4) is 0 Å². The van der Waals surface area contributed by atoms with Crippen molar-refractivity contribution in [2.75, 3.05) is 12.3 Å². The highest BCUT2D eigenvalue weighted by atomic mass is 28.4. The molecule has 4 atom stereocenters. The van der Waals surface area contributed by atoms with Crippen LogP contribution in [0.4, 0.5) is 5.82 Å². The molecule has 5 rings (SSSR count). The Morgan fingerprint density at radius 2 is 1.58 bits per heavy atom. The summed E-state index contributed by atoms with van der Waals surface area (Å²) in [7, 11) is -2.84. The molecule has 4 aromatic rings. The van der Waals surface area contributed by atoms with Gasteiger partial charge < -0.3 is 34.8 Å². The van der Waals surface area contributed by atoms with Gasteiger partial charge in [-0.2, -0.15) is 0 Å². The summed E-state index contributed by atoms with van der Waals surface area (Å²) in [5, 5.41) is 33.3. The average molecular weight is 535 g/mol. The first-order valence-corrected chi connectivity index (χ1v) is 14.6. The number of ether oxygens (including phenoxy) is 1. The Balaban J connectivity index is 1.62. The average Bonchev–Trinajstić information content (AvgIpc) is 3.42. The molecule has 38 heavy (non-hydrogen) atoms. The molecular weight excluding hydrogens is 500 g/mol. The van der Waals surface area contributed by atoms with Gasteiger partial charge in [-0.3, -0.25) is 0 Å². The molecule has 9 nitrogen and oxygen atoms in total. The van der Waals surface area contributed by atoms with Gasteiger partial charge >= 0.3 is 0 Å². The molecule has 2 aromatic carbocycles. The van der Waals surface area contributed by atoms with E-state index in [1.807, 2.05) is 36.4 Å². The Hall–Kier alpha value is -3.12. The lowest BCUT2D eigenvalue weighted by Gasteiger charge is -2.43. The maximum atomic E-state index is 10.7. The van der Waals surface area contributed by atoms with Crippen molar-refractivity contribution < 1.29 is 24.5 Å². The number of benzene rings is 2. The quantitative estimate of drug-likeness (QED) is 0.263. The first-order valence-electron chi connectivity index (χ1n) is 12.7. The smallest absolute Gasteiger partial charge is 0.261 e. The van der Waals surface area contributed by atoms with E-state index in [0.717, 1.165) is 15.9 Å². The molecule has 1 fully saturated rings. The standard InChI is InChI=1S/C28H34N4O5Si/c1-28(2,3)38(19-10-6-4-7-11-19,20-12-8-5-9-13-20)36-16-18-14-32(26-22(18)25(29)30-17-31-26)27-24(35)23(34)21(15-33)37-27/h4-14,17,21,23-24,27,33-35H,15-16H2,1-3H3,(H2,29,30,31)/t21?,23?,24?,27-/m1/s1. The number of nitrogens with two attached hydrogens (primary N) is 1. The molecule has 0 bridgehead atoms. The van der Waals surface area contributed by atoms with E-state index in [2.05, 4.69) is 55.0 Å². The summed E-state index contributed by atoms with van der Waals surface area (Å²) in [6.07, 6.45) is -1.23. The van der Waals surface area contributed by atoms with Crippen molar-refractivity contribution in [1.29, 1.82) is 0 Å². The predicted octanol–water partition coefficient (Wildman–Crippen LogP) is 1.70. The molecule has 5 N–H and O–H groups in total. The van der Waals surface area contributed by atoms with Crippen LogP contribution < -0.4 is 16.1 Å². The Bertz CT molecular complexity index is 1350. The van der Waals surface area contributed by atoms with E-state index >= 15 is 0 Å². The van der Waals surface area contributed by atoms with Gasteiger partial charge in [0.05, 0.1) is 18.6 Å². The highest BCUT2D eigenvalue weighted by Gasteiger charge is 2.50. The van der Waals surface area contributed by atoms with E-state index < -0.39 is 39.5 Å². The lowest BCUT2D eigenvalue weighted by Crippen LogP contribution is -2.66. The lowest BCUT2D eigenvalue weighted by molar-refractivity contribution is -0.0509. The minimum Gasteiger partial charge on any atom is -0.403 e. The molecule has 0 saturated carbocycles. The fourth-order valence-corrected chi connectivity index (χ4v) is 10.1. The maximum Gasteiger partial charge on any atom is 0.261 e. The van der Waals surface area contributed by atoms with Crippen molar-refractivity contribution in [1.82, 2.24) is 14.5 Å². The first-order chi connectivity index (χ1) is 18.2. The van der Waals surface area contributed by atoms with E-state index in [0.29, 0.717) is 11.0 Å². The monoisotopic (exact) mass is 534 g/mol. The zero-order chi connectivity index (χ0) is 27.1. The van der Waals surface area contributed by atoms with Crippen molar-refractivity contribution in [2.24, 2.45) is 0 Å². The molecule has 0 amide bonds. The molecule has 1 aliphatic heterocycles. The van der Waals surface area contributed by atoms with Crippen LogP contribution in [0.2, 0.25) is 5.04 Å². The first kappa shape index (κ1) is 26.5. The highest BCUT2D eigenvalue weighted by molar-refractivity contribution is 6.99. The van der Waals surface area contributed by atoms with Gasteiger partial charge in [-0.15, -0.1) is 0 Å². The fraction of sp³-hybridized carbons (Fsp3) is 0.357. The van der Waals surface area contributed by atoms with E-state index in [1.54, 1.807) is 10.8 Å². The van der Waals surface area contributed by atoms with E-state index in [9.17, 15) is 15.3 Å². The van der Waals surface area contributed by atoms with E-state index in [-0.39, 0.29) is 17.5 Å². The van der Waals surface area contributed by atoms with Gasteiger partial charge in [-0.25, -0.2) is 9.97 Å². The van der Waals surface area contributed by atoms with Crippen molar-refractivity contribution in [3.05, 3.63) is 78.8 Å². The lowest BCUT2D eigenvalue weighted by atomic mass is 10.1. The second-order valence-electron chi connectivity index (χ2n) is 10.7. The summed E-state index contributed by atoms with van der Waals surface area (Å²) in [6.45, 7) is 6.41. The molecule has 3 unspecified atom stereocenters. The topological polar surface area (TPSA) is 136 Å². The summed E-state index contributed by atoms with van der Waals surface area (Å²) >= 11 is 0. The number of fused-ring (bicyclic) bond motifs is 1. The van der Waals surface area contributed by atoms with Gasteiger partial charge in [0.25, 0.3) is 8.32 Å². The number of nitrogen functional groups attached to an aromatic ring is 1. The Morgan fingerprint density at radius 3 is 2.11 bits per heavy atom. The molecule has 3 heterocycles. The van der Waals surface area contributed by atoms with Crippen LogP contribution >= 0.6 is 0 Å². The zero-order valence-corrected chi connectivity index (χ0v) is 22.7. The summed E-state index contributed by atoms with van der Waals surface area (Å²) in [5.41, 5.74) is 7.52. The fourth-order valence-electron chi connectivity index (χ4n) is 5.55. The number of aliphatic hydroxyl groups is 3. The second-order valence-corrected chi connectivity index (χ2v) is 15.0. The van der Waals surface area contributed by atoms with Gasteiger partial charge in [-0.1, -0.05) is 81.4 Å². The number of nitrogens with zero attached hydrogens (tertiary/aromatic N) is 3. The summed E-state index contributed by atoms with van der Waals surface area (Å²) in [4.78, 5) is 8.62. The third kappa shape index (κ3) is 4.33. The molecule has 200 valence electrons. The van der Waals surface area contributed by atoms with Crippen LogP contribution in [0.25, 0.3) is 11.0 Å². The summed E-state index contributed by atoms with van der Waals surface area (Å²) < 4.78 is 14.5. The molecule has 0 aliphatic carbocycles. The van der Waals surface area contributed by atoms with Crippen LogP contribution in [0.3, 0.4) is 0 Å². The predicted molar refractivity (Wildman–Crippen MR) is 147 cm³/mol. The van der Waals surface area contributed by atoms with Crippen molar-refractivity contribution in [2.45, 2.75) is 57.0 Å². The summed E-state index contributed by atoms with van der Waals surface area (Å²) in [6, 6.07) is 20.7. The van der Waals surface area contributed by atoms with E-state index in [1.165, 1.54) is 6.33 Å². The normalized spacial score (nSPS) is 22.3. The molecule has 0 spiro atoms. The van der Waals surface area contributed by atoms with Crippen LogP contribution in [0, 0.1) is 0 Å². The number of aliphatic hydroxyl groups excluding tert-OH is 3. The van der Waals surface area contributed by atoms with Gasteiger partial charge in [0.15, 0.2) is 6.23 Å². The summed E-state index contributed by atoms with van der Waals surface area (Å²) in [5.74, 6) is 0.279. The molecule has 2 aromatic heterocycles.